The number of primary amides is 1. The van der Waals surface area contributed by atoms with Crippen LogP contribution < -0.4 is 11.1 Å². The second kappa shape index (κ2) is 8.11. The number of carbonyl (C=O) groups is 1. The topological polar surface area (TPSA) is 55.1 Å². The number of urea groups is 1. The third kappa shape index (κ3) is 4.07. The van der Waals surface area contributed by atoms with E-state index in [1.807, 2.05) is 12.1 Å². The molecular weight excluding hydrogens is 364 g/mol. The van der Waals surface area contributed by atoms with Gasteiger partial charge in [-0.05, 0) is 48.1 Å². The smallest absolute Gasteiger partial charge is 0.313 e. The van der Waals surface area contributed by atoms with E-state index in [1.54, 1.807) is 11.8 Å². The van der Waals surface area contributed by atoms with Crippen LogP contribution in [0.1, 0.15) is 41.9 Å². The van der Waals surface area contributed by atoms with Crippen LogP contribution in [0.15, 0.2) is 89.8 Å². The molecule has 0 aromatic heterocycles. The second-order valence-corrected chi connectivity index (χ2v) is 8.72. The molecule has 0 unspecified atom stereocenters. The van der Waals surface area contributed by atoms with Crippen LogP contribution in [0.25, 0.3) is 0 Å². The minimum Gasteiger partial charge on any atom is -0.352 e. The molecule has 0 atom stereocenters. The Morgan fingerprint density at radius 3 is 1.93 bits per heavy atom. The molecule has 3 nitrogen and oxygen atoms in total. The van der Waals surface area contributed by atoms with Crippen molar-refractivity contribution in [2.24, 2.45) is 5.73 Å². The minimum absolute atomic E-state index is 0.171. The molecule has 28 heavy (non-hydrogen) atoms. The van der Waals surface area contributed by atoms with Crippen molar-refractivity contribution < 1.29 is 4.79 Å². The molecule has 0 bridgehead atoms. The Morgan fingerprint density at radius 2 is 1.43 bits per heavy atom. The minimum atomic E-state index is -0.449. The van der Waals surface area contributed by atoms with Gasteiger partial charge in [0.05, 0.1) is 4.87 Å². The van der Waals surface area contributed by atoms with E-state index in [0.29, 0.717) is 0 Å². The number of hydrogen-bond donors (Lipinski definition) is 2. The van der Waals surface area contributed by atoms with Gasteiger partial charge in [0.2, 0.25) is 0 Å². The fourth-order valence-corrected chi connectivity index (χ4v) is 5.26. The van der Waals surface area contributed by atoms with Crippen molar-refractivity contribution in [2.75, 3.05) is 0 Å². The Hall–Kier alpha value is -2.72. The molecule has 4 rings (SSSR count). The summed E-state index contributed by atoms with van der Waals surface area (Å²) in [6.07, 6.45) is 3.01. The quantitative estimate of drug-likeness (QED) is 0.432. The highest BCUT2D eigenvalue weighted by Gasteiger charge is 2.39. The molecule has 142 valence electrons. The number of nitrogens with two attached hydrogens (primary N) is 1. The number of hydrogen-bond acceptors (Lipinski definition) is 2. The van der Waals surface area contributed by atoms with Crippen molar-refractivity contribution in [1.82, 2.24) is 5.32 Å². The molecule has 1 saturated carbocycles. The lowest BCUT2D eigenvalue weighted by Gasteiger charge is -2.41. The van der Waals surface area contributed by atoms with Crippen LogP contribution in [0.2, 0.25) is 0 Å². The van der Waals surface area contributed by atoms with Crippen molar-refractivity contribution in [1.29, 1.82) is 0 Å². The molecule has 3 aromatic carbocycles. The molecule has 0 spiro atoms. The van der Waals surface area contributed by atoms with Crippen molar-refractivity contribution >= 4 is 17.8 Å². The van der Waals surface area contributed by atoms with Crippen LogP contribution in [0, 0.1) is 0 Å². The van der Waals surface area contributed by atoms with E-state index in [0.717, 1.165) is 24.2 Å². The SMILES string of the molecule is NC(=O)NC1(Sc2cccc(C(c3ccccc3)c3ccccc3)c2)CCC1. The predicted octanol–water partition coefficient (Wildman–Crippen LogP) is 5.51. The second-order valence-electron chi connectivity index (χ2n) is 7.27. The largest absolute Gasteiger partial charge is 0.352 e. The molecule has 2 amide bonds. The molecular formula is C24H24N2OS. The first-order valence-corrected chi connectivity index (χ1v) is 10.4. The summed E-state index contributed by atoms with van der Waals surface area (Å²) >= 11 is 1.72. The van der Waals surface area contributed by atoms with Crippen LogP contribution in [0.3, 0.4) is 0 Å². The molecule has 0 radical (unpaired) electrons. The van der Waals surface area contributed by atoms with Crippen LogP contribution >= 0.6 is 11.8 Å². The lowest BCUT2D eigenvalue weighted by molar-refractivity contribution is 0.230. The number of rotatable bonds is 6. The monoisotopic (exact) mass is 388 g/mol. The van der Waals surface area contributed by atoms with Gasteiger partial charge in [-0.3, -0.25) is 0 Å². The third-order valence-corrected chi connectivity index (χ3v) is 6.67. The predicted molar refractivity (Wildman–Crippen MR) is 115 cm³/mol. The standard InChI is InChI=1S/C24H24N2OS/c25-23(27)26-24(15-8-16-24)28-21-14-7-13-20(17-21)22(18-9-3-1-4-10-18)19-11-5-2-6-12-19/h1-7,9-14,17,22H,8,15-16H2,(H3,25,26,27). The Bertz CT molecular complexity index is 900. The van der Waals surface area contributed by atoms with Gasteiger partial charge < -0.3 is 11.1 Å². The third-order valence-electron chi connectivity index (χ3n) is 5.28. The summed E-state index contributed by atoms with van der Waals surface area (Å²) in [4.78, 5) is 12.3. The Balaban J connectivity index is 1.68. The van der Waals surface area contributed by atoms with E-state index in [-0.39, 0.29) is 10.8 Å². The summed E-state index contributed by atoms with van der Waals surface area (Å²) in [5.74, 6) is 0.171. The van der Waals surface area contributed by atoms with Gasteiger partial charge in [-0.2, -0.15) is 0 Å². The van der Waals surface area contributed by atoms with Gasteiger partial charge in [0.15, 0.2) is 0 Å². The van der Waals surface area contributed by atoms with Gasteiger partial charge in [0.25, 0.3) is 0 Å². The maximum atomic E-state index is 11.4. The molecule has 0 saturated heterocycles. The molecule has 0 aliphatic heterocycles. The van der Waals surface area contributed by atoms with E-state index in [2.05, 4.69) is 78.1 Å². The Labute approximate surface area is 170 Å². The van der Waals surface area contributed by atoms with Crippen molar-refractivity contribution in [3.63, 3.8) is 0 Å². The van der Waals surface area contributed by atoms with E-state index in [9.17, 15) is 4.79 Å². The first kappa shape index (κ1) is 18.6. The summed E-state index contributed by atoms with van der Waals surface area (Å²) in [5, 5.41) is 2.96. The van der Waals surface area contributed by atoms with Gasteiger partial charge in [-0.15, -0.1) is 0 Å². The summed E-state index contributed by atoms with van der Waals surface area (Å²) in [6, 6.07) is 29.4. The van der Waals surface area contributed by atoms with Gasteiger partial charge in [0.1, 0.15) is 0 Å². The average Bonchev–Trinajstić information content (AvgIpc) is 2.68. The molecule has 0 heterocycles. The van der Waals surface area contributed by atoms with Crippen LogP contribution in [0.5, 0.6) is 0 Å². The van der Waals surface area contributed by atoms with E-state index < -0.39 is 6.03 Å². The van der Waals surface area contributed by atoms with Gasteiger partial charge in [0, 0.05) is 10.8 Å². The van der Waals surface area contributed by atoms with E-state index in [4.69, 9.17) is 5.73 Å². The fraction of sp³-hybridized carbons (Fsp3) is 0.208. The Kier molecular flexibility index (Phi) is 5.40. The summed E-state index contributed by atoms with van der Waals surface area (Å²) in [5.41, 5.74) is 9.19. The lowest BCUT2D eigenvalue weighted by atomic mass is 9.85. The molecule has 1 aliphatic rings. The summed E-state index contributed by atoms with van der Waals surface area (Å²) in [7, 11) is 0. The zero-order valence-electron chi connectivity index (χ0n) is 15.7. The highest BCUT2D eigenvalue weighted by atomic mass is 32.2. The fourth-order valence-electron chi connectivity index (χ4n) is 3.83. The zero-order chi connectivity index (χ0) is 19.4. The van der Waals surface area contributed by atoms with E-state index in [1.165, 1.54) is 16.7 Å². The van der Waals surface area contributed by atoms with Gasteiger partial charge in [-0.1, -0.05) is 84.6 Å². The van der Waals surface area contributed by atoms with Gasteiger partial charge >= 0.3 is 6.03 Å². The molecule has 1 aliphatic carbocycles. The maximum Gasteiger partial charge on any atom is 0.313 e. The number of amides is 2. The first-order valence-electron chi connectivity index (χ1n) is 9.62. The number of nitrogens with one attached hydrogen (secondary N) is 1. The van der Waals surface area contributed by atoms with Crippen molar-refractivity contribution in [3.8, 4) is 0 Å². The number of thioether (sulfide) groups is 1. The van der Waals surface area contributed by atoms with Crippen molar-refractivity contribution in [2.45, 2.75) is 34.9 Å². The molecule has 1 fully saturated rings. The number of benzene rings is 3. The maximum absolute atomic E-state index is 11.4. The molecule has 4 heteroatoms. The van der Waals surface area contributed by atoms with Crippen LogP contribution in [-0.2, 0) is 0 Å². The van der Waals surface area contributed by atoms with Crippen molar-refractivity contribution in [3.05, 3.63) is 102 Å². The average molecular weight is 389 g/mol. The molecule has 3 N–H and O–H groups in total. The van der Waals surface area contributed by atoms with Crippen LogP contribution in [-0.4, -0.2) is 10.9 Å². The highest BCUT2D eigenvalue weighted by molar-refractivity contribution is 8.00. The first-order chi connectivity index (χ1) is 13.7. The summed E-state index contributed by atoms with van der Waals surface area (Å²) in [6.45, 7) is 0. The normalized spacial score (nSPS) is 15.0. The Morgan fingerprint density at radius 1 is 0.857 bits per heavy atom. The number of carbonyl (C=O) groups excluding carboxylic acids is 1. The zero-order valence-corrected chi connectivity index (χ0v) is 16.5. The van der Waals surface area contributed by atoms with E-state index >= 15 is 0 Å². The summed E-state index contributed by atoms with van der Waals surface area (Å²) < 4.78 is 0. The van der Waals surface area contributed by atoms with Crippen LogP contribution in [0.4, 0.5) is 4.79 Å². The highest BCUT2D eigenvalue weighted by Crippen LogP contribution is 2.46. The molecule has 3 aromatic rings. The lowest BCUT2D eigenvalue weighted by Crippen LogP contribution is -2.52. The van der Waals surface area contributed by atoms with Gasteiger partial charge in [-0.25, -0.2) is 4.79 Å².